The van der Waals surface area contributed by atoms with Crippen molar-refractivity contribution in [3.63, 3.8) is 0 Å². The molecule has 0 fully saturated rings. The van der Waals surface area contributed by atoms with E-state index in [1.165, 1.54) is 0 Å². The molecule has 1 aliphatic rings. The quantitative estimate of drug-likeness (QED) is 0.541. The van der Waals surface area contributed by atoms with Crippen LogP contribution in [0.5, 0.6) is 0 Å². The highest BCUT2D eigenvalue weighted by Gasteiger charge is 2.22. The Morgan fingerprint density at radius 3 is 3.08 bits per heavy atom. The Morgan fingerprint density at radius 2 is 2.25 bits per heavy atom. The molecular weight excluding hydrogens is 156 g/mol. The van der Waals surface area contributed by atoms with E-state index in [0.717, 1.165) is 0 Å². The fourth-order valence-electron chi connectivity index (χ4n) is 1.18. The maximum atomic E-state index is 11.1. The van der Waals surface area contributed by atoms with Crippen LogP contribution in [0.15, 0.2) is 18.3 Å². The summed E-state index contributed by atoms with van der Waals surface area (Å²) < 4.78 is 0. The number of carbonyl (C=O) groups is 2. The lowest BCUT2D eigenvalue weighted by atomic mass is 10.1. The third kappa shape index (κ3) is 0.972. The largest absolute Gasteiger partial charge is 0.292 e. The van der Waals surface area contributed by atoms with Gasteiger partial charge in [0.05, 0.1) is 17.7 Å². The molecule has 1 aromatic rings. The number of rotatable bonds is 0. The number of hydrogen-bond donors (Lipinski definition) is 1. The molecule has 0 aromatic carbocycles. The van der Waals surface area contributed by atoms with Crippen molar-refractivity contribution in [1.29, 1.82) is 0 Å². The van der Waals surface area contributed by atoms with Gasteiger partial charge in [0.25, 0.3) is 5.91 Å². The highest BCUT2D eigenvalue weighted by Crippen LogP contribution is 2.09. The Labute approximate surface area is 68.6 Å². The van der Waals surface area contributed by atoms with Gasteiger partial charge in [-0.1, -0.05) is 0 Å². The van der Waals surface area contributed by atoms with Crippen LogP contribution >= 0.6 is 0 Å². The summed E-state index contributed by atoms with van der Waals surface area (Å²) in [7, 11) is 0. The van der Waals surface area contributed by atoms with Crippen molar-refractivity contribution in [2.45, 2.75) is 6.42 Å². The van der Waals surface area contributed by atoms with Gasteiger partial charge < -0.3 is 0 Å². The molecule has 0 atom stereocenters. The van der Waals surface area contributed by atoms with Gasteiger partial charge in [0.2, 0.25) is 5.91 Å². The van der Waals surface area contributed by atoms with Crippen molar-refractivity contribution in [2.24, 2.45) is 0 Å². The molecule has 0 saturated heterocycles. The van der Waals surface area contributed by atoms with E-state index in [1.54, 1.807) is 18.3 Å². The first-order valence-corrected chi connectivity index (χ1v) is 3.55. The topological polar surface area (TPSA) is 59.1 Å². The zero-order valence-electron chi connectivity index (χ0n) is 6.20. The van der Waals surface area contributed by atoms with Crippen molar-refractivity contribution in [1.82, 2.24) is 10.3 Å². The molecule has 1 N–H and O–H groups in total. The molecule has 4 nitrogen and oxygen atoms in total. The summed E-state index contributed by atoms with van der Waals surface area (Å²) >= 11 is 0. The van der Waals surface area contributed by atoms with Gasteiger partial charge in [0.1, 0.15) is 0 Å². The lowest BCUT2D eigenvalue weighted by Gasteiger charge is -2.12. The average molecular weight is 162 g/mol. The highest BCUT2D eigenvalue weighted by molar-refractivity contribution is 6.09. The fraction of sp³-hybridized carbons (Fsp3) is 0.125. The van der Waals surface area contributed by atoms with Gasteiger partial charge in [-0.15, -0.1) is 0 Å². The van der Waals surface area contributed by atoms with Gasteiger partial charge in [0, 0.05) is 6.20 Å². The van der Waals surface area contributed by atoms with Crippen molar-refractivity contribution < 1.29 is 9.59 Å². The molecule has 4 heteroatoms. The SMILES string of the molecule is O=C1Cc2ncccc2C(=O)N1. The molecule has 60 valence electrons. The number of fused-ring (bicyclic) bond motifs is 1. The van der Waals surface area contributed by atoms with Crippen LogP contribution in [0.2, 0.25) is 0 Å². The zero-order chi connectivity index (χ0) is 8.55. The first-order valence-electron chi connectivity index (χ1n) is 3.55. The number of imide groups is 1. The second-order valence-electron chi connectivity index (χ2n) is 2.55. The number of amides is 2. The van der Waals surface area contributed by atoms with Gasteiger partial charge in [-0.3, -0.25) is 19.9 Å². The number of pyridine rings is 1. The van der Waals surface area contributed by atoms with E-state index in [0.29, 0.717) is 11.3 Å². The van der Waals surface area contributed by atoms with Crippen molar-refractivity contribution in [3.05, 3.63) is 29.6 Å². The maximum Gasteiger partial charge on any atom is 0.259 e. The Bertz CT molecular complexity index is 360. The minimum atomic E-state index is -0.352. The van der Waals surface area contributed by atoms with Crippen LogP contribution in [-0.2, 0) is 11.2 Å². The van der Waals surface area contributed by atoms with Crippen LogP contribution in [0.25, 0.3) is 0 Å². The monoisotopic (exact) mass is 162 g/mol. The summed E-state index contributed by atoms with van der Waals surface area (Å²) in [4.78, 5) is 25.9. The van der Waals surface area contributed by atoms with E-state index in [4.69, 9.17) is 0 Å². The number of hydrogen-bond acceptors (Lipinski definition) is 3. The summed E-state index contributed by atoms with van der Waals surface area (Å²) in [6, 6.07) is 3.33. The van der Waals surface area contributed by atoms with Crippen LogP contribution in [0.4, 0.5) is 0 Å². The van der Waals surface area contributed by atoms with Crippen LogP contribution in [-0.4, -0.2) is 16.8 Å². The molecule has 0 bridgehead atoms. The number of nitrogens with zero attached hydrogens (tertiary/aromatic N) is 1. The Kier molecular flexibility index (Phi) is 1.40. The van der Waals surface area contributed by atoms with Crippen LogP contribution in [0.3, 0.4) is 0 Å². The van der Waals surface area contributed by atoms with Gasteiger partial charge in [-0.05, 0) is 12.1 Å². The Hall–Kier alpha value is -1.71. The van der Waals surface area contributed by atoms with Gasteiger partial charge in [-0.25, -0.2) is 0 Å². The lowest BCUT2D eigenvalue weighted by molar-refractivity contribution is -0.119. The normalized spacial score (nSPS) is 15.3. The number of carbonyl (C=O) groups excluding carboxylic acids is 2. The first-order chi connectivity index (χ1) is 5.77. The molecule has 1 aliphatic heterocycles. The standard InChI is InChI=1S/C8H6N2O2/c11-7-4-6-5(8(12)10-7)2-1-3-9-6/h1-3H,4H2,(H,10,11,12). The van der Waals surface area contributed by atoms with E-state index in [2.05, 4.69) is 10.3 Å². The summed E-state index contributed by atoms with van der Waals surface area (Å²) in [6.45, 7) is 0. The second kappa shape index (κ2) is 2.41. The van der Waals surface area contributed by atoms with Crippen molar-refractivity contribution in [2.75, 3.05) is 0 Å². The fourth-order valence-corrected chi connectivity index (χ4v) is 1.18. The van der Waals surface area contributed by atoms with E-state index >= 15 is 0 Å². The number of nitrogens with one attached hydrogen (secondary N) is 1. The predicted molar refractivity (Wildman–Crippen MR) is 40.4 cm³/mol. The zero-order valence-corrected chi connectivity index (χ0v) is 6.20. The second-order valence-corrected chi connectivity index (χ2v) is 2.55. The van der Waals surface area contributed by atoms with Gasteiger partial charge in [-0.2, -0.15) is 0 Å². The summed E-state index contributed by atoms with van der Waals surface area (Å²) in [5.41, 5.74) is 1.06. The van der Waals surface area contributed by atoms with Crippen LogP contribution in [0.1, 0.15) is 16.1 Å². The smallest absolute Gasteiger partial charge is 0.259 e. The Balaban J connectivity index is 2.54. The molecule has 2 rings (SSSR count). The summed E-state index contributed by atoms with van der Waals surface area (Å²) in [5.74, 6) is -0.638. The van der Waals surface area contributed by atoms with E-state index in [-0.39, 0.29) is 18.2 Å². The highest BCUT2D eigenvalue weighted by atomic mass is 16.2. The van der Waals surface area contributed by atoms with Crippen LogP contribution < -0.4 is 5.32 Å². The number of aromatic nitrogens is 1. The first kappa shape index (κ1) is 6.97. The molecule has 2 amide bonds. The maximum absolute atomic E-state index is 11.1. The molecule has 0 saturated carbocycles. The van der Waals surface area contributed by atoms with Gasteiger partial charge >= 0.3 is 0 Å². The van der Waals surface area contributed by atoms with Crippen molar-refractivity contribution in [3.8, 4) is 0 Å². The Morgan fingerprint density at radius 1 is 1.42 bits per heavy atom. The van der Waals surface area contributed by atoms with Crippen LogP contribution in [0, 0.1) is 0 Å². The average Bonchev–Trinajstić information content (AvgIpc) is 2.04. The third-order valence-electron chi connectivity index (χ3n) is 1.72. The van der Waals surface area contributed by atoms with E-state index in [9.17, 15) is 9.59 Å². The molecule has 0 spiro atoms. The predicted octanol–water partition coefficient (Wildman–Crippen LogP) is -0.106. The molecule has 0 aliphatic carbocycles. The molecule has 2 heterocycles. The molecule has 0 radical (unpaired) electrons. The summed E-state index contributed by atoms with van der Waals surface area (Å²) in [5, 5.41) is 2.22. The molecule has 1 aromatic heterocycles. The minimum absolute atomic E-state index is 0.196. The lowest BCUT2D eigenvalue weighted by Crippen LogP contribution is -2.37. The van der Waals surface area contributed by atoms with E-state index in [1.807, 2.05) is 0 Å². The summed E-state index contributed by atoms with van der Waals surface area (Å²) in [6.07, 6.45) is 1.77. The van der Waals surface area contributed by atoms with E-state index < -0.39 is 0 Å². The third-order valence-corrected chi connectivity index (χ3v) is 1.72. The molecule has 12 heavy (non-hydrogen) atoms. The van der Waals surface area contributed by atoms with Crippen molar-refractivity contribution >= 4 is 11.8 Å². The minimum Gasteiger partial charge on any atom is -0.292 e. The molecular formula is C8H6N2O2. The van der Waals surface area contributed by atoms with Gasteiger partial charge in [0.15, 0.2) is 0 Å². The molecule has 0 unspecified atom stereocenters.